The van der Waals surface area contributed by atoms with Gasteiger partial charge in [0.2, 0.25) is 15.9 Å². The van der Waals surface area contributed by atoms with Gasteiger partial charge in [0.25, 0.3) is 0 Å². The van der Waals surface area contributed by atoms with E-state index in [4.69, 9.17) is 4.52 Å². The summed E-state index contributed by atoms with van der Waals surface area (Å²) < 4.78 is 32.6. The number of nitrogens with zero attached hydrogens (tertiary/aromatic N) is 2. The van der Waals surface area contributed by atoms with Crippen LogP contribution in [0.3, 0.4) is 0 Å². The second kappa shape index (κ2) is 9.23. The van der Waals surface area contributed by atoms with Crippen LogP contribution in [0.2, 0.25) is 0 Å². The predicted molar refractivity (Wildman–Crippen MR) is 103 cm³/mol. The van der Waals surface area contributed by atoms with E-state index in [1.54, 1.807) is 25.6 Å². The molecule has 148 valence electrons. The maximum Gasteiger partial charge on any atom is 0.248 e. The number of rotatable bonds is 8. The minimum Gasteiger partial charge on any atom is -0.360 e. The van der Waals surface area contributed by atoms with Gasteiger partial charge in [-0.1, -0.05) is 18.5 Å². The fourth-order valence-electron chi connectivity index (χ4n) is 3.57. The Morgan fingerprint density at radius 3 is 2.69 bits per heavy atom. The van der Waals surface area contributed by atoms with Crippen molar-refractivity contribution in [3.63, 3.8) is 0 Å². The average Bonchev–Trinajstić information content (AvgIpc) is 2.94. The van der Waals surface area contributed by atoms with E-state index in [-0.39, 0.29) is 22.6 Å². The quantitative estimate of drug-likeness (QED) is 0.669. The monoisotopic (exact) mass is 403 g/mol. The summed E-state index contributed by atoms with van der Waals surface area (Å²) in [5.41, 5.74) is 0.394. The van der Waals surface area contributed by atoms with Crippen molar-refractivity contribution in [2.24, 2.45) is 11.8 Å². The Morgan fingerprint density at radius 2 is 2.12 bits per heavy atom. The Morgan fingerprint density at radius 1 is 1.38 bits per heavy atom. The third kappa shape index (κ3) is 4.80. The Labute approximate surface area is 160 Å². The highest BCUT2D eigenvalue weighted by Crippen LogP contribution is 2.33. The Kier molecular flexibility index (Phi) is 7.54. The topological polar surface area (TPSA) is 92.5 Å². The van der Waals surface area contributed by atoms with Crippen LogP contribution in [-0.2, 0) is 14.8 Å². The number of thioether (sulfide) groups is 1. The summed E-state index contributed by atoms with van der Waals surface area (Å²) in [6, 6.07) is 0. The van der Waals surface area contributed by atoms with Gasteiger partial charge in [0, 0.05) is 31.8 Å². The van der Waals surface area contributed by atoms with E-state index >= 15 is 0 Å². The van der Waals surface area contributed by atoms with Crippen LogP contribution in [0.15, 0.2) is 9.42 Å². The van der Waals surface area contributed by atoms with Crippen LogP contribution in [-0.4, -0.2) is 55.4 Å². The summed E-state index contributed by atoms with van der Waals surface area (Å²) in [6.45, 7) is 6.85. The second-order valence-corrected chi connectivity index (χ2v) is 9.64. The molecular formula is C17H29N3O4S2. The SMILES string of the molecule is CC[C@H]1CN(S(=O)(=O)c2c(C)noc2C)CC[C@H]1CC(=O)NCCSC. The van der Waals surface area contributed by atoms with Gasteiger partial charge in [0.15, 0.2) is 5.76 Å². The zero-order valence-corrected chi connectivity index (χ0v) is 17.6. The number of hydrogen-bond acceptors (Lipinski definition) is 6. The molecule has 0 saturated carbocycles. The van der Waals surface area contributed by atoms with Crippen LogP contribution < -0.4 is 5.32 Å². The van der Waals surface area contributed by atoms with E-state index in [9.17, 15) is 13.2 Å². The molecule has 0 unspecified atom stereocenters. The molecule has 1 N–H and O–H groups in total. The molecule has 1 aromatic heterocycles. The van der Waals surface area contributed by atoms with Crippen molar-refractivity contribution in [1.82, 2.24) is 14.8 Å². The molecule has 0 bridgehead atoms. The fraction of sp³-hybridized carbons (Fsp3) is 0.765. The summed E-state index contributed by atoms with van der Waals surface area (Å²) >= 11 is 1.70. The number of hydrogen-bond donors (Lipinski definition) is 1. The van der Waals surface area contributed by atoms with Gasteiger partial charge in [0.05, 0.1) is 0 Å². The lowest BCUT2D eigenvalue weighted by molar-refractivity contribution is -0.122. The van der Waals surface area contributed by atoms with Gasteiger partial charge < -0.3 is 9.84 Å². The van der Waals surface area contributed by atoms with Gasteiger partial charge in [-0.3, -0.25) is 4.79 Å². The summed E-state index contributed by atoms with van der Waals surface area (Å²) in [4.78, 5) is 12.3. The molecule has 2 rings (SSSR count). The first kappa shape index (κ1) is 21.2. The van der Waals surface area contributed by atoms with Crippen molar-refractivity contribution in [3.05, 3.63) is 11.5 Å². The number of carbonyl (C=O) groups is 1. The molecule has 7 nitrogen and oxygen atoms in total. The van der Waals surface area contributed by atoms with Crippen LogP contribution in [0.5, 0.6) is 0 Å². The number of aryl methyl sites for hydroxylation is 2. The molecular weight excluding hydrogens is 374 g/mol. The highest BCUT2D eigenvalue weighted by atomic mass is 32.2. The Hall–Kier alpha value is -1.06. The summed E-state index contributed by atoms with van der Waals surface area (Å²) in [7, 11) is -3.62. The first-order valence-corrected chi connectivity index (χ1v) is 11.8. The Balaban J connectivity index is 2.04. The first-order valence-electron chi connectivity index (χ1n) is 8.99. The smallest absolute Gasteiger partial charge is 0.248 e. The van der Waals surface area contributed by atoms with E-state index in [1.165, 1.54) is 4.31 Å². The molecule has 1 saturated heterocycles. The van der Waals surface area contributed by atoms with Crippen LogP contribution in [0.4, 0.5) is 0 Å². The number of piperidine rings is 1. The summed E-state index contributed by atoms with van der Waals surface area (Å²) in [5.74, 6) is 1.67. The van der Waals surface area contributed by atoms with E-state index in [2.05, 4.69) is 17.4 Å². The number of amides is 1. The summed E-state index contributed by atoms with van der Waals surface area (Å²) in [5, 5.41) is 6.71. The minimum absolute atomic E-state index is 0.0598. The number of sulfonamides is 1. The molecule has 2 heterocycles. The highest BCUT2D eigenvalue weighted by Gasteiger charge is 2.38. The molecule has 1 aromatic rings. The lowest BCUT2D eigenvalue weighted by Crippen LogP contribution is -2.45. The molecule has 0 spiro atoms. The third-order valence-electron chi connectivity index (χ3n) is 5.02. The number of carbonyl (C=O) groups excluding carboxylic acids is 1. The van der Waals surface area contributed by atoms with Crippen molar-refractivity contribution >= 4 is 27.7 Å². The molecule has 0 radical (unpaired) electrons. The van der Waals surface area contributed by atoms with Crippen LogP contribution >= 0.6 is 11.8 Å². The zero-order chi connectivity index (χ0) is 19.3. The van der Waals surface area contributed by atoms with Gasteiger partial charge in [-0.25, -0.2) is 8.42 Å². The highest BCUT2D eigenvalue weighted by molar-refractivity contribution is 7.98. The van der Waals surface area contributed by atoms with Gasteiger partial charge >= 0.3 is 0 Å². The second-order valence-electron chi connectivity index (χ2n) is 6.78. The fourth-order valence-corrected chi connectivity index (χ4v) is 5.68. The van der Waals surface area contributed by atoms with Crippen molar-refractivity contribution < 1.29 is 17.7 Å². The van der Waals surface area contributed by atoms with Crippen molar-refractivity contribution in [1.29, 1.82) is 0 Å². The number of aromatic nitrogens is 1. The van der Waals surface area contributed by atoms with Gasteiger partial charge in [-0.15, -0.1) is 0 Å². The third-order valence-corrected chi connectivity index (χ3v) is 7.74. The molecule has 1 aliphatic heterocycles. The molecule has 9 heteroatoms. The standard InChI is InChI=1S/C17H29N3O4S2/c1-5-14-11-20(26(22,23)17-12(2)19-24-13(17)3)8-6-15(14)10-16(21)18-7-9-25-4/h14-15H,5-11H2,1-4H3,(H,18,21)/t14-,15-/m0/s1. The average molecular weight is 404 g/mol. The minimum atomic E-state index is -3.62. The van der Waals surface area contributed by atoms with Crippen LogP contribution in [0.25, 0.3) is 0 Å². The van der Waals surface area contributed by atoms with E-state index in [0.717, 1.165) is 12.2 Å². The van der Waals surface area contributed by atoms with Gasteiger partial charge in [-0.2, -0.15) is 16.1 Å². The van der Waals surface area contributed by atoms with Gasteiger partial charge in [0.1, 0.15) is 10.6 Å². The lowest BCUT2D eigenvalue weighted by Gasteiger charge is -2.37. The predicted octanol–water partition coefficient (Wildman–Crippen LogP) is 2.20. The largest absolute Gasteiger partial charge is 0.360 e. The molecule has 1 fully saturated rings. The van der Waals surface area contributed by atoms with Crippen molar-refractivity contribution in [2.45, 2.75) is 44.9 Å². The summed E-state index contributed by atoms with van der Waals surface area (Å²) in [6.07, 6.45) is 4.01. The first-order chi connectivity index (χ1) is 12.3. The molecule has 1 aliphatic rings. The van der Waals surface area contributed by atoms with Crippen LogP contribution in [0.1, 0.15) is 37.6 Å². The maximum atomic E-state index is 13.0. The van der Waals surface area contributed by atoms with Crippen molar-refractivity contribution in [3.8, 4) is 0 Å². The van der Waals surface area contributed by atoms with E-state index < -0.39 is 10.0 Å². The van der Waals surface area contributed by atoms with Crippen LogP contribution in [0, 0.1) is 25.7 Å². The molecule has 0 aromatic carbocycles. The van der Waals surface area contributed by atoms with Gasteiger partial charge in [-0.05, 0) is 38.4 Å². The number of nitrogens with one attached hydrogen (secondary N) is 1. The normalized spacial score (nSPS) is 21.7. The molecule has 0 aliphatic carbocycles. The van der Waals surface area contributed by atoms with Crippen molar-refractivity contribution in [2.75, 3.05) is 31.6 Å². The maximum absolute atomic E-state index is 13.0. The molecule has 26 heavy (non-hydrogen) atoms. The molecule has 1 amide bonds. The lowest BCUT2D eigenvalue weighted by atomic mass is 9.82. The Bertz CT molecular complexity index is 698. The van der Waals surface area contributed by atoms with E-state index in [0.29, 0.717) is 43.9 Å². The van der Waals surface area contributed by atoms with E-state index in [1.807, 2.05) is 6.26 Å². The zero-order valence-electron chi connectivity index (χ0n) is 15.9. The molecule has 2 atom stereocenters.